The van der Waals surface area contributed by atoms with Crippen molar-refractivity contribution in [1.82, 2.24) is 5.32 Å². The Morgan fingerprint density at radius 3 is 2.21 bits per heavy atom. The largest absolute Gasteiger partial charge is 0.310 e. The molecule has 2 heteroatoms. The summed E-state index contributed by atoms with van der Waals surface area (Å²) < 4.78 is 0. The van der Waals surface area contributed by atoms with Crippen molar-refractivity contribution in [3.63, 3.8) is 0 Å². The van der Waals surface area contributed by atoms with E-state index >= 15 is 0 Å². The second-order valence-corrected chi connectivity index (χ2v) is 5.28. The van der Waals surface area contributed by atoms with Gasteiger partial charge in [0.15, 0.2) is 0 Å². The Bertz CT molecular complexity index is 556. The molecule has 2 aromatic carbocycles. The molecule has 1 saturated carbocycles. The van der Waals surface area contributed by atoms with E-state index in [1.165, 1.54) is 35.1 Å². The predicted octanol–water partition coefficient (Wildman–Crippen LogP) is 4.29. The highest BCUT2D eigenvalue weighted by Crippen LogP contribution is 2.45. The molecule has 1 nitrogen and oxygen atoms in total. The van der Waals surface area contributed by atoms with Gasteiger partial charge >= 0.3 is 0 Å². The topological polar surface area (TPSA) is 12.0 Å². The van der Waals surface area contributed by atoms with Crippen LogP contribution in [0.1, 0.15) is 24.0 Å². The highest BCUT2D eigenvalue weighted by atomic mass is 35.5. The molecule has 0 heterocycles. The molecule has 1 N–H and O–H groups in total. The van der Waals surface area contributed by atoms with E-state index in [4.69, 9.17) is 0 Å². The Morgan fingerprint density at radius 2 is 1.63 bits per heavy atom. The van der Waals surface area contributed by atoms with Gasteiger partial charge in [0.2, 0.25) is 0 Å². The molecule has 0 aliphatic heterocycles. The first-order chi connectivity index (χ1) is 8.73. The van der Waals surface area contributed by atoms with Crippen molar-refractivity contribution in [1.29, 1.82) is 0 Å². The monoisotopic (exact) mass is 273 g/mol. The van der Waals surface area contributed by atoms with Crippen LogP contribution in [0, 0.1) is 6.92 Å². The normalized spacial score (nSPS) is 15.7. The minimum absolute atomic E-state index is 0. The van der Waals surface area contributed by atoms with Gasteiger partial charge in [-0.2, -0.15) is 0 Å². The number of benzene rings is 2. The first-order valence-corrected chi connectivity index (χ1v) is 6.60. The standard InChI is InChI=1S/C17H19N.ClH/c1-13-6-8-14(9-7-13)15-4-3-5-16(12-15)17(18-2)10-11-17;/h3-9,12,18H,10-11H2,1-2H3;1H. The lowest BCUT2D eigenvalue weighted by Gasteiger charge is -2.15. The molecule has 100 valence electrons. The maximum atomic E-state index is 3.46. The minimum atomic E-state index is 0. The summed E-state index contributed by atoms with van der Waals surface area (Å²) in [5.41, 5.74) is 5.59. The molecule has 0 unspecified atom stereocenters. The maximum Gasteiger partial charge on any atom is 0.0434 e. The van der Waals surface area contributed by atoms with E-state index in [0.717, 1.165) is 0 Å². The third-order valence-corrected chi connectivity index (χ3v) is 4.03. The van der Waals surface area contributed by atoms with E-state index < -0.39 is 0 Å². The molecule has 2 aromatic rings. The molecule has 0 atom stereocenters. The van der Waals surface area contributed by atoms with Crippen molar-refractivity contribution in [3.8, 4) is 11.1 Å². The van der Waals surface area contributed by atoms with Crippen LogP contribution >= 0.6 is 12.4 Å². The summed E-state index contributed by atoms with van der Waals surface area (Å²) in [6, 6.07) is 17.7. The molecule has 0 spiro atoms. The molecule has 0 saturated heterocycles. The van der Waals surface area contributed by atoms with E-state index in [2.05, 4.69) is 67.8 Å². The van der Waals surface area contributed by atoms with Crippen LogP contribution in [0.3, 0.4) is 0 Å². The molecular formula is C17H20ClN. The Hall–Kier alpha value is -1.31. The molecule has 0 bridgehead atoms. The minimum Gasteiger partial charge on any atom is -0.310 e. The Labute approximate surface area is 121 Å². The summed E-state index contributed by atoms with van der Waals surface area (Å²) in [4.78, 5) is 0. The van der Waals surface area contributed by atoms with E-state index in [-0.39, 0.29) is 17.9 Å². The number of hydrogen-bond acceptors (Lipinski definition) is 1. The lowest BCUT2D eigenvalue weighted by molar-refractivity contribution is 0.586. The average molecular weight is 274 g/mol. The van der Waals surface area contributed by atoms with Crippen LogP contribution in [-0.4, -0.2) is 7.05 Å². The molecule has 3 rings (SSSR count). The van der Waals surface area contributed by atoms with Crippen molar-refractivity contribution in [2.24, 2.45) is 0 Å². The molecule has 0 aromatic heterocycles. The van der Waals surface area contributed by atoms with Gasteiger partial charge in [-0.15, -0.1) is 12.4 Å². The fourth-order valence-electron chi connectivity index (χ4n) is 2.55. The molecule has 0 amide bonds. The van der Waals surface area contributed by atoms with Gasteiger partial charge in [-0.3, -0.25) is 0 Å². The summed E-state index contributed by atoms with van der Waals surface area (Å²) in [6.45, 7) is 2.13. The number of aryl methyl sites for hydroxylation is 1. The van der Waals surface area contributed by atoms with Crippen molar-refractivity contribution >= 4 is 12.4 Å². The number of rotatable bonds is 3. The second-order valence-electron chi connectivity index (χ2n) is 5.28. The molecule has 1 aliphatic carbocycles. The fourth-order valence-corrected chi connectivity index (χ4v) is 2.55. The zero-order valence-electron chi connectivity index (χ0n) is 11.4. The highest BCUT2D eigenvalue weighted by Gasteiger charge is 2.42. The molecule has 1 fully saturated rings. The number of nitrogens with one attached hydrogen (secondary N) is 1. The van der Waals surface area contributed by atoms with E-state index in [9.17, 15) is 0 Å². The SMILES string of the molecule is CNC1(c2cccc(-c3ccc(C)cc3)c2)CC1.Cl. The van der Waals surface area contributed by atoms with Crippen LogP contribution in [0.5, 0.6) is 0 Å². The smallest absolute Gasteiger partial charge is 0.0434 e. The molecule has 1 aliphatic rings. The Balaban J connectivity index is 0.00000133. The van der Waals surface area contributed by atoms with Crippen molar-refractivity contribution in [2.75, 3.05) is 7.05 Å². The van der Waals surface area contributed by atoms with Gasteiger partial charge in [-0.1, -0.05) is 48.0 Å². The first-order valence-electron chi connectivity index (χ1n) is 6.60. The first kappa shape index (κ1) is 14.1. The van der Waals surface area contributed by atoms with Gasteiger partial charge in [-0.25, -0.2) is 0 Å². The summed E-state index contributed by atoms with van der Waals surface area (Å²) in [5.74, 6) is 0. The predicted molar refractivity (Wildman–Crippen MR) is 83.8 cm³/mol. The van der Waals surface area contributed by atoms with Crippen LogP contribution in [0.2, 0.25) is 0 Å². The van der Waals surface area contributed by atoms with Gasteiger partial charge < -0.3 is 5.32 Å². The number of hydrogen-bond donors (Lipinski definition) is 1. The third kappa shape index (κ3) is 2.68. The fraction of sp³-hybridized carbons (Fsp3) is 0.294. The quantitative estimate of drug-likeness (QED) is 0.880. The van der Waals surface area contributed by atoms with Gasteiger partial charge in [0.1, 0.15) is 0 Å². The lowest BCUT2D eigenvalue weighted by Crippen LogP contribution is -2.24. The zero-order valence-corrected chi connectivity index (χ0v) is 12.3. The average Bonchev–Trinajstić information content (AvgIpc) is 3.21. The van der Waals surface area contributed by atoms with E-state index in [1.54, 1.807) is 0 Å². The van der Waals surface area contributed by atoms with Crippen LogP contribution < -0.4 is 5.32 Å². The van der Waals surface area contributed by atoms with Crippen LogP contribution in [0.15, 0.2) is 48.5 Å². The van der Waals surface area contributed by atoms with Crippen LogP contribution in [0.25, 0.3) is 11.1 Å². The Kier molecular flexibility index (Phi) is 3.98. The Morgan fingerprint density at radius 1 is 0.947 bits per heavy atom. The summed E-state index contributed by atoms with van der Waals surface area (Å²) in [5, 5.41) is 3.46. The van der Waals surface area contributed by atoms with Crippen LogP contribution in [0.4, 0.5) is 0 Å². The number of halogens is 1. The van der Waals surface area contributed by atoms with Crippen LogP contribution in [-0.2, 0) is 5.54 Å². The van der Waals surface area contributed by atoms with E-state index in [1.807, 2.05) is 0 Å². The van der Waals surface area contributed by atoms with Gasteiger partial charge in [0, 0.05) is 5.54 Å². The van der Waals surface area contributed by atoms with Gasteiger partial charge in [0.05, 0.1) is 0 Å². The summed E-state index contributed by atoms with van der Waals surface area (Å²) in [7, 11) is 2.06. The summed E-state index contributed by atoms with van der Waals surface area (Å²) >= 11 is 0. The lowest BCUT2D eigenvalue weighted by atomic mass is 9.98. The third-order valence-electron chi connectivity index (χ3n) is 4.03. The van der Waals surface area contributed by atoms with Crippen molar-refractivity contribution < 1.29 is 0 Å². The molecule has 19 heavy (non-hydrogen) atoms. The highest BCUT2D eigenvalue weighted by molar-refractivity contribution is 5.85. The van der Waals surface area contributed by atoms with Crippen molar-refractivity contribution in [3.05, 3.63) is 59.7 Å². The molecular weight excluding hydrogens is 254 g/mol. The molecule has 0 radical (unpaired) electrons. The second kappa shape index (κ2) is 5.36. The zero-order chi connectivity index (χ0) is 12.6. The maximum absolute atomic E-state index is 3.46. The van der Waals surface area contributed by atoms with Gasteiger partial charge in [-0.05, 0) is 49.6 Å². The van der Waals surface area contributed by atoms with Crippen molar-refractivity contribution in [2.45, 2.75) is 25.3 Å². The van der Waals surface area contributed by atoms with Gasteiger partial charge in [0.25, 0.3) is 0 Å². The summed E-state index contributed by atoms with van der Waals surface area (Å²) in [6.07, 6.45) is 2.50. The van der Waals surface area contributed by atoms with E-state index in [0.29, 0.717) is 0 Å².